The highest BCUT2D eigenvalue weighted by atomic mass is 32.2. The predicted molar refractivity (Wildman–Crippen MR) is 52.1 cm³/mol. The quantitative estimate of drug-likeness (QED) is 0.578. The number of unbranched alkanes of at least 4 members (excludes halogenated alkanes) is 1. The van der Waals surface area contributed by atoms with Crippen LogP contribution in [0.3, 0.4) is 0 Å². The average Bonchev–Trinajstić information content (AvgIpc) is 2.02. The van der Waals surface area contributed by atoms with Crippen LogP contribution in [0.25, 0.3) is 0 Å². The summed E-state index contributed by atoms with van der Waals surface area (Å²) in [6.07, 6.45) is 1.08. The van der Waals surface area contributed by atoms with Crippen LogP contribution in [-0.4, -0.2) is 44.4 Å². The first-order chi connectivity index (χ1) is 6.36. The number of hydrogen-bond donors (Lipinski definition) is 2. The maximum Gasteiger partial charge on any atom is 0.303 e. The highest BCUT2D eigenvalue weighted by Crippen LogP contribution is 1.95. The maximum absolute atomic E-state index is 11.1. The van der Waals surface area contributed by atoms with Gasteiger partial charge in [-0.3, -0.25) is 4.79 Å². The molecule has 0 atom stereocenters. The molecular formula is C7H16N2O4S. The largest absolute Gasteiger partial charge is 0.481 e. The second-order valence-electron chi connectivity index (χ2n) is 3.03. The third-order valence-corrected chi connectivity index (χ3v) is 3.11. The van der Waals surface area contributed by atoms with Crippen LogP contribution in [0.4, 0.5) is 0 Å². The van der Waals surface area contributed by atoms with Crippen molar-refractivity contribution in [1.82, 2.24) is 9.03 Å². The summed E-state index contributed by atoms with van der Waals surface area (Å²) in [6.45, 7) is 0.272. The Morgan fingerprint density at radius 3 is 2.36 bits per heavy atom. The van der Waals surface area contributed by atoms with Crippen molar-refractivity contribution >= 4 is 16.2 Å². The molecule has 0 rings (SSSR count). The lowest BCUT2D eigenvalue weighted by Gasteiger charge is -2.11. The minimum absolute atomic E-state index is 0.0731. The molecule has 0 heterocycles. The lowest BCUT2D eigenvalue weighted by atomic mass is 10.2. The van der Waals surface area contributed by atoms with Gasteiger partial charge in [-0.25, -0.2) is 4.72 Å². The first-order valence-electron chi connectivity index (χ1n) is 4.25. The van der Waals surface area contributed by atoms with E-state index in [9.17, 15) is 13.2 Å². The molecule has 0 unspecified atom stereocenters. The molecule has 14 heavy (non-hydrogen) atoms. The molecule has 0 saturated heterocycles. The zero-order valence-electron chi connectivity index (χ0n) is 8.36. The summed E-state index contributed by atoms with van der Waals surface area (Å²) in [6, 6.07) is 0. The number of hydrogen-bond acceptors (Lipinski definition) is 3. The van der Waals surface area contributed by atoms with Gasteiger partial charge in [-0.15, -0.1) is 0 Å². The summed E-state index contributed by atoms with van der Waals surface area (Å²) in [7, 11) is -0.503. The van der Waals surface area contributed by atoms with Gasteiger partial charge in [0.25, 0.3) is 10.2 Å². The van der Waals surface area contributed by atoms with E-state index in [0.717, 1.165) is 4.31 Å². The van der Waals surface area contributed by atoms with Crippen LogP contribution < -0.4 is 4.72 Å². The van der Waals surface area contributed by atoms with E-state index in [4.69, 9.17) is 5.11 Å². The minimum atomic E-state index is -3.36. The van der Waals surface area contributed by atoms with Crippen molar-refractivity contribution in [3.8, 4) is 0 Å². The Labute approximate surface area is 84.1 Å². The summed E-state index contributed by atoms with van der Waals surface area (Å²) < 4.78 is 25.7. The molecule has 0 bridgehead atoms. The fourth-order valence-electron chi connectivity index (χ4n) is 0.731. The first kappa shape index (κ1) is 13.3. The molecule has 0 aromatic rings. The van der Waals surface area contributed by atoms with E-state index in [2.05, 4.69) is 4.72 Å². The number of nitrogens with one attached hydrogen (secondary N) is 1. The summed E-state index contributed by atoms with van der Waals surface area (Å²) in [4.78, 5) is 10.1. The lowest BCUT2D eigenvalue weighted by Crippen LogP contribution is -2.36. The fraction of sp³-hybridized carbons (Fsp3) is 0.857. The Bertz CT molecular complexity index is 273. The van der Waals surface area contributed by atoms with Gasteiger partial charge in [0.1, 0.15) is 0 Å². The zero-order valence-corrected chi connectivity index (χ0v) is 9.17. The molecule has 0 aliphatic heterocycles. The second kappa shape index (κ2) is 5.94. The molecule has 0 amide bonds. The van der Waals surface area contributed by atoms with Crippen LogP contribution >= 0.6 is 0 Å². The van der Waals surface area contributed by atoms with E-state index in [1.165, 1.54) is 14.1 Å². The summed E-state index contributed by atoms with van der Waals surface area (Å²) in [5.74, 6) is -0.861. The number of aliphatic carboxylic acids is 1. The fourth-order valence-corrected chi connectivity index (χ4v) is 1.39. The van der Waals surface area contributed by atoms with Gasteiger partial charge in [0.05, 0.1) is 0 Å². The van der Waals surface area contributed by atoms with Crippen LogP contribution in [0.1, 0.15) is 19.3 Å². The molecule has 0 spiro atoms. The second-order valence-corrected chi connectivity index (χ2v) is 5.00. The Balaban J connectivity index is 3.60. The van der Waals surface area contributed by atoms with E-state index in [-0.39, 0.29) is 13.0 Å². The van der Waals surface area contributed by atoms with Crippen LogP contribution in [0.2, 0.25) is 0 Å². The predicted octanol–water partition coefficient (Wildman–Crippen LogP) is -0.363. The van der Waals surface area contributed by atoms with Gasteiger partial charge in [0.15, 0.2) is 0 Å². The number of carboxylic acids is 1. The van der Waals surface area contributed by atoms with Gasteiger partial charge in [0, 0.05) is 27.1 Å². The van der Waals surface area contributed by atoms with Gasteiger partial charge in [-0.2, -0.15) is 12.7 Å². The molecule has 7 heteroatoms. The molecule has 6 nitrogen and oxygen atoms in total. The van der Waals surface area contributed by atoms with Crippen LogP contribution in [0.15, 0.2) is 0 Å². The van der Waals surface area contributed by atoms with Crippen molar-refractivity contribution in [3.63, 3.8) is 0 Å². The molecule has 0 aliphatic carbocycles. The molecular weight excluding hydrogens is 208 g/mol. The van der Waals surface area contributed by atoms with Crippen molar-refractivity contribution in [3.05, 3.63) is 0 Å². The molecule has 0 aromatic heterocycles. The normalized spacial score (nSPS) is 11.9. The maximum atomic E-state index is 11.1. The lowest BCUT2D eigenvalue weighted by molar-refractivity contribution is -0.137. The molecule has 0 aliphatic rings. The van der Waals surface area contributed by atoms with Crippen molar-refractivity contribution in [2.24, 2.45) is 0 Å². The highest BCUT2D eigenvalue weighted by Gasteiger charge is 2.11. The Hall–Kier alpha value is -0.660. The third-order valence-electron chi connectivity index (χ3n) is 1.58. The van der Waals surface area contributed by atoms with Gasteiger partial charge >= 0.3 is 5.97 Å². The van der Waals surface area contributed by atoms with Crippen LogP contribution in [0.5, 0.6) is 0 Å². The van der Waals surface area contributed by atoms with E-state index in [1.54, 1.807) is 0 Å². The zero-order chi connectivity index (χ0) is 11.2. The summed E-state index contributed by atoms with van der Waals surface area (Å²) in [5, 5.41) is 8.31. The number of carbonyl (C=O) groups is 1. The monoisotopic (exact) mass is 224 g/mol. The van der Waals surface area contributed by atoms with Crippen molar-refractivity contribution in [2.45, 2.75) is 19.3 Å². The molecule has 0 radical (unpaired) electrons. The van der Waals surface area contributed by atoms with Gasteiger partial charge in [-0.1, -0.05) is 0 Å². The molecule has 0 fully saturated rings. The Morgan fingerprint density at radius 2 is 1.93 bits per heavy atom. The van der Waals surface area contributed by atoms with E-state index in [1.807, 2.05) is 0 Å². The van der Waals surface area contributed by atoms with E-state index >= 15 is 0 Å². The molecule has 0 saturated carbocycles. The molecule has 2 N–H and O–H groups in total. The summed E-state index contributed by atoms with van der Waals surface area (Å²) >= 11 is 0. The van der Waals surface area contributed by atoms with Crippen LogP contribution in [-0.2, 0) is 15.0 Å². The standard InChI is InChI=1S/C7H16N2O4S/c1-9(2)14(12,13)8-6-4-3-5-7(10)11/h8H,3-6H2,1-2H3,(H,10,11). The van der Waals surface area contributed by atoms with Gasteiger partial charge in [0.2, 0.25) is 0 Å². The third kappa shape index (κ3) is 5.90. The SMILES string of the molecule is CN(C)S(=O)(=O)NCCCCC(=O)O. The average molecular weight is 224 g/mol. The molecule has 0 aromatic carbocycles. The van der Waals surface area contributed by atoms with E-state index in [0.29, 0.717) is 12.8 Å². The number of carboxylic acid groups (broad SMARTS) is 1. The molecule has 84 valence electrons. The number of rotatable bonds is 7. The van der Waals surface area contributed by atoms with Gasteiger partial charge in [-0.05, 0) is 12.8 Å². The van der Waals surface area contributed by atoms with Crippen molar-refractivity contribution in [1.29, 1.82) is 0 Å². The van der Waals surface area contributed by atoms with Crippen LogP contribution in [0, 0.1) is 0 Å². The summed E-state index contributed by atoms with van der Waals surface area (Å²) in [5.41, 5.74) is 0. The Morgan fingerprint density at radius 1 is 1.36 bits per heavy atom. The van der Waals surface area contributed by atoms with Gasteiger partial charge < -0.3 is 5.11 Å². The minimum Gasteiger partial charge on any atom is -0.481 e. The smallest absolute Gasteiger partial charge is 0.303 e. The Kier molecular flexibility index (Phi) is 5.66. The number of nitrogens with zero attached hydrogens (tertiary/aromatic N) is 1. The van der Waals surface area contributed by atoms with Crippen molar-refractivity contribution < 1.29 is 18.3 Å². The van der Waals surface area contributed by atoms with E-state index < -0.39 is 16.2 Å². The highest BCUT2D eigenvalue weighted by molar-refractivity contribution is 7.87. The van der Waals surface area contributed by atoms with Crippen molar-refractivity contribution in [2.75, 3.05) is 20.6 Å². The first-order valence-corrected chi connectivity index (χ1v) is 5.69. The topological polar surface area (TPSA) is 86.7 Å².